The lowest BCUT2D eigenvalue weighted by atomic mass is 9.98. The molecule has 6 aromatic rings. The lowest BCUT2D eigenvalue weighted by Crippen LogP contribution is -2.47. The fourth-order valence-corrected chi connectivity index (χ4v) is 8.62. The number of ether oxygens (including phenoxy) is 5. The first-order valence-corrected chi connectivity index (χ1v) is 26.6. The Morgan fingerprint density at radius 2 is 0.961 bits per heavy atom. The number of hydrogen-bond acceptors (Lipinski definition) is 12. The first-order chi connectivity index (χ1) is 36.8. The van der Waals surface area contributed by atoms with Crippen molar-refractivity contribution in [2.75, 3.05) is 44.7 Å². The maximum atomic E-state index is 12.9. The Hall–Kier alpha value is -7.53. The number of nitrogens with one attached hydrogen (secondary N) is 4. The van der Waals surface area contributed by atoms with Gasteiger partial charge in [0.1, 0.15) is 43.9 Å². The van der Waals surface area contributed by atoms with Crippen molar-refractivity contribution in [2.45, 2.75) is 77.6 Å². The molecule has 76 heavy (non-hydrogen) atoms. The molecule has 6 aromatic carbocycles. The van der Waals surface area contributed by atoms with E-state index >= 15 is 0 Å². The molecular weight excluding hydrogens is 1030 g/mol. The minimum Gasteiger partial charge on any atom is -0.460 e. The molecule has 2 aliphatic rings. The first-order valence-electron chi connectivity index (χ1n) is 25.5. The van der Waals surface area contributed by atoms with Crippen molar-refractivity contribution in [2.24, 2.45) is 0 Å². The van der Waals surface area contributed by atoms with Gasteiger partial charge >= 0.3 is 30.2 Å². The maximum absolute atomic E-state index is 12.9. The van der Waals surface area contributed by atoms with Gasteiger partial charge in [0.2, 0.25) is 0 Å². The highest BCUT2D eigenvalue weighted by molar-refractivity contribution is 9.09. The molecule has 400 valence electrons. The van der Waals surface area contributed by atoms with Crippen molar-refractivity contribution in [3.05, 3.63) is 191 Å². The van der Waals surface area contributed by atoms with E-state index in [1.54, 1.807) is 20.8 Å². The maximum Gasteiger partial charge on any atom is 0.421 e. The van der Waals surface area contributed by atoms with Gasteiger partial charge in [-0.15, -0.1) is 0 Å². The summed E-state index contributed by atoms with van der Waals surface area (Å²) in [6, 6.07) is 51.8. The molecule has 8 rings (SSSR count). The van der Waals surface area contributed by atoms with Crippen LogP contribution in [-0.2, 0) is 46.5 Å². The minimum atomic E-state index is -0.678. The monoisotopic (exact) mass is 1100 g/mol. The fourth-order valence-electron chi connectivity index (χ4n) is 8.46. The molecule has 0 atom stereocenters. The number of amides is 3. The van der Waals surface area contributed by atoms with Crippen LogP contribution in [0.4, 0.5) is 14.4 Å². The second kappa shape index (κ2) is 30.1. The van der Waals surface area contributed by atoms with E-state index in [-0.39, 0.29) is 56.0 Å². The quantitative estimate of drug-likeness (QED) is 0.0187. The molecule has 0 radical (unpaired) electrons. The molecular formula is C60H68BrN5O10. The average molecular weight is 1100 g/mol. The molecule has 4 N–H and O–H groups in total. The number of carbonyl (C=O) groups excluding carboxylic acids is 5. The van der Waals surface area contributed by atoms with E-state index in [1.807, 2.05) is 121 Å². The van der Waals surface area contributed by atoms with Gasteiger partial charge in [-0.3, -0.25) is 20.4 Å². The molecule has 0 heterocycles. The number of alkyl carbamates (subject to hydrolysis) is 1. The summed E-state index contributed by atoms with van der Waals surface area (Å²) in [7, 11) is 0. The number of hydrogen-bond donors (Lipinski definition) is 4. The summed E-state index contributed by atoms with van der Waals surface area (Å²) < 4.78 is 26.6. The standard InChI is InChI=1S/C32H37N3O6.C19H22N2O2.C9H9BrO2/c1-32(2,3)41-30(37)33-18-11-19-35(20-29(36)39-21-23-12-5-4-6-13-23)34-31(38)40-22-28-26-16-9-7-14-24(26)25-15-8-10-17-27(25)28;1-2-3-12-20-21-19(22)23-13-18-16-10-6-4-8-14(16)15-9-5-7-11-17(15)18;10-6-9(11)12-7-8-4-2-1-3-5-8/h4-10,12-17,28H,11,18-22H2,1-3H3,(H,33,37)(H,34,38);4-11,18,20H,2-3,12-13H2,1H3,(H,21,22);1-5H,6-7H2. The van der Waals surface area contributed by atoms with Crippen LogP contribution >= 0.6 is 15.9 Å². The Morgan fingerprint density at radius 3 is 1.41 bits per heavy atom. The number of fused-ring (bicyclic) bond motifs is 6. The van der Waals surface area contributed by atoms with E-state index in [9.17, 15) is 24.0 Å². The second-order valence-corrected chi connectivity index (χ2v) is 19.4. The Balaban J connectivity index is 0.000000222. The number of esters is 2. The van der Waals surface area contributed by atoms with Crippen LogP contribution in [0.5, 0.6) is 0 Å². The van der Waals surface area contributed by atoms with Gasteiger partial charge in [-0.05, 0) is 89.2 Å². The summed E-state index contributed by atoms with van der Waals surface area (Å²) in [5, 5.41) is 4.36. The van der Waals surface area contributed by atoms with Gasteiger partial charge in [0.05, 0.1) is 0 Å². The van der Waals surface area contributed by atoms with Crippen LogP contribution in [0.15, 0.2) is 158 Å². The third-order valence-corrected chi connectivity index (χ3v) is 12.4. The van der Waals surface area contributed by atoms with E-state index in [0.29, 0.717) is 19.6 Å². The third kappa shape index (κ3) is 18.4. The van der Waals surface area contributed by atoms with Crippen LogP contribution in [0, 0.1) is 0 Å². The molecule has 0 saturated heterocycles. The average Bonchev–Trinajstić information content (AvgIpc) is 3.95. The molecule has 2 aliphatic carbocycles. The Bertz CT molecular complexity index is 2720. The number of benzene rings is 6. The second-order valence-electron chi connectivity index (χ2n) is 18.8. The SMILES string of the molecule is CC(C)(C)OC(=O)NCCCN(CC(=O)OCc1ccccc1)NC(=O)OCC1c2ccccc2-c2ccccc21.CCCCNNC(=O)OCC1c2ccccc2-c2ccccc21.O=C(CBr)OCc1ccccc1. The zero-order valence-corrected chi connectivity index (χ0v) is 45.1. The van der Waals surface area contributed by atoms with Crippen LogP contribution in [0.3, 0.4) is 0 Å². The van der Waals surface area contributed by atoms with Gasteiger partial charge in [0.15, 0.2) is 0 Å². The van der Waals surface area contributed by atoms with E-state index in [0.717, 1.165) is 52.8 Å². The topological polar surface area (TPSA) is 183 Å². The summed E-state index contributed by atoms with van der Waals surface area (Å²) in [5.74, 6) is -0.731. The summed E-state index contributed by atoms with van der Waals surface area (Å²) in [6.07, 6.45) is 0.902. The van der Waals surface area contributed by atoms with Crippen molar-refractivity contribution >= 4 is 46.1 Å². The van der Waals surface area contributed by atoms with E-state index in [4.69, 9.17) is 23.7 Å². The van der Waals surface area contributed by atoms with Crippen molar-refractivity contribution in [1.29, 1.82) is 0 Å². The Morgan fingerprint density at radius 1 is 0.526 bits per heavy atom. The van der Waals surface area contributed by atoms with Crippen molar-refractivity contribution in [3.63, 3.8) is 0 Å². The number of hydrazine groups is 2. The van der Waals surface area contributed by atoms with Crippen LogP contribution < -0.4 is 21.6 Å². The zero-order chi connectivity index (χ0) is 54.1. The number of carbonyl (C=O) groups is 5. The number of rotatable bonds is 20. The highest BCUT2D eigenvalue weighted by Gasteiger charge is 2.31. The lowest BCUT2D eigenvalue weighted by Gasteiger charge is -2.23. The highest BCUT2D eigenvalue weighted by atomic mass is 79.9. The summed E-state index contributed by atoms with van der Waals surface area (Å²) in [5.41, 5.74) is 18.8. The molecule has 15 nitrogen and oxygen atoms in total. The predicted octanol–water partition coefficient (Wildman–Crippen LogP) is 11.4. The third-order valence-electron chi connectivity index (χ3n) is 12.0. The van der Waals surface area contributed by atoms with Crippen molar-refractivity contribution < 1.29 is 47.7 Å². The molecule has 0 aromatic heterocycles. The predicted molar refractivity (Wildman–Crippen MR) is 296 cm³/mol. The number of alkyl halides is 1. The summed E-state index contributed by atoms with van der Waals surface area (Å²) >= 11 is 3.01. The largest absolute Gasteiger partial charge is 0.460 e. The summed E-state index contributed by atoms with van der Waals surface area (Å²) in [6.45, 7) is 9.54. The van der Waals surface area contributed by atoms with Crippen LogP contribution in [-0.4, -0.2) is 85.6 Å². The van der Waals surface area contributed by atoms with Gasteiger partial charge in [0, 0.05) is 31.5 Å². The van der Waals surface area contributed by atoms with E-state index in [2.05, 4.69) is 80.8 Å². The summed E-state index contributed by atoms with van der Waals surface area (Å²) in [4.78, 5) is 59.9. The molecule has 0 spiro atoms. The zero-order valence-electron chi connectivity index (χ0n) is 43.6. The van der Waals surface area contributed by atoms with E-state index in [1.165, 1.54) is 27.3 Å². The molecule has 0 bridgehead atoms. The molecule has 0 aliphatic heterocycles. The van der Waals surface area contributed by atoms with Gasteiger partial charge in [-0.1, -0.05) is 187 Å². The number of halogens is 1. The molecule has 0 fully saturated rings. The van der Waals surface area contributed by atoms with Gasteiger partial charge in [0.25, 0.3) is 0 Å². The lowest BCUT2D eigenvalue weighted by molar-refractivity contribution is -0.147. The van der Waals surface area contributed by atoms with Gasteiger partial charge in [-0.25, -0.2) is 24.8 Å². The van der Waals surface area contributed by atoms with Crippen molar-refractivity contribution in [3.8, 4) is 22.3 Å². The van der Waals surface area contributed by atoms with Crippen molar-refractivity contribution in [1.82, 2.24) is 26.6 Å². The van der Waals surface area contributed by atoms with E-state index < -0.39 is 29.9 Å². The Kier molecular flexibility index (Phi) is 22.9. The van der Waals surface area contributed by atoms with Crippen LogP contribution in [0.2, 0.25) is 0 Å². The van der Waals surface area contributed by atoms with Gasteiger partial charge < -0.3 is 29.0 Å². The molecule has 0 saturated carbocycles. The number of nitrogens with zero attached hydrogens (tertiary/aromatic N) is 1. The van der Waals surface area contributed by atoms with Crippen LogP contribution in [0.1, 0.15) is 92.2 Å². The van der Waals surface area contributed by atoms with Crippen LogP contribution in [0.25, 0.3) is 22.3 Å². The first kappa shape index (κ1) is 57.7. The minimum absolute atomic E-state index is 0.0875. The smallest absolute Gasteiger partial charge is 0.421 e. The molecule has 3 amide bonds. The normalized spacial score (nSPS) is 11.9. The molecule has 16 heteroatoms. The number of unbranched alkanes of at least 4 members (excludes halogenated alkanes) is 1. The highest BCUT2D eigenvalue weighted by Crippen LogP contribution is 2.45. The Labute approximate surface area is 454 Å². The fraction of sp³-hybridized carbons (Fsp3) is 0.317. The molecule has 0 unspecified atom stereocenters. The van der Waals surface area contributed by atoms with Gasteiger partial charge in [-0.2, -0.15) is 0 Å².